The molecule has 1 aromatic heterocycles. The molecule has 0 saturated heterocycles. The number of hydrogen-bond acceptors (Lipinski definition) is 5. The molecule has 98 valence electrons. The number of nitrogens with zero attached hydrogens (tertiary/aromatic N) is 4. The number of benzene rings is 1. The van der Waals surface area contributed by atoms with Crippen LogP contribution in [0.2, 0.25) is 0 Å². The van der Waals surface area contributed by atoms with Gasteiger partial charge >= 0.3 is 0 Å². The van der Waals surface area contributed by atoms with Crippen molar-refractivity contribution in [2.45, 2.75) is 6.92 Å². The highest BCUT2D eigenvalue weighted by molar-refractivity contribution is 5.97. The molecular formula is C13H15N5O. The SMILES string of the molecule is Cc1nccc(N(C)c2ccc(C(N)=NO)cc2)n1. The van der Waals surface area contributed by atoms with E-state index in [0.29, 0.717) is 5.56 Å². The summed E-state index contributed by atoms with van der Waals surface area (Å²) >= 11 is 0. The minimum atomic E-state index is 0.0899. The van der Waals surface area contributed by atoms with Crippen LogP contribution in [0.3, 0.4) is 0 Å². The Bertz CT molecular complexity index is 594. The fourth-order valence-electron chi connectivity index (χ4n) is 1.68. The summed E-state index contributed by atoms with van der Waals surface area (Å²) in [5, 5.41) is 11.6. The van der Waals surface area contributed by atoms with Gasteiger partial charge in [0.05, 0.1) is 0 Å². The van der Waals surface area contributed by atoms with Crippen molar-refractivity contribution in [2.24, 2.45) is 10.9 Å². The molecule has 0 radical (unpaired) electrons. The van der Waals surface area contributed by atoms with Crippen molar-refractivity contribution in [3.05, 3.63) is 47.9 Å². The van der Waals surface area contributed by atoms with E-state index in [1.807, 2.05) is 37.1 Å². The van der Waals surface area contributed by atoms with E-state index in [0.717, 1.165) is 17.3 Å². The van der Waals surface area contributed by atoms with Gasteiger partial charge < -0.3 is 15.8 Å². The summed E-state index contributed by atoms with van der Waals surface area (Å²) in [5.41, 5.74) is 7.13. The van der Waals surface area contributed by atoms with Crippen molar-refractivity contribution < 1.29 is 5.21 Å². The third-order valence-electron chi connectivity index (χ3n) is 2.76. The van der Waals surface area contributed by atoms with Crippen LogP contribution in [0.15, 0.2) is 41.7 Å². The van der Waals surface area contributed by atoms with Gasteiger partial charge in [-0.1, -0.05) is 5.16 Å². The number of amidine groups is 1. The predicted molar refractivity (Wildman–Crippen MR) is 73.8 cm³/mol. The van der Waals surface area contributed by atoms with E-state index < -0.39 is 0 Å². The summed E-state index contributed by atoms with van der Waals surface area (Å²) in [6.07, 6.45) is 1.72. The van der Waals surface area contributed by atoms with Crippen LogP contribution in [0.1, 0.15) is 11.4 Å². The van der Waals surface area contributed by atoms with E-state index in [4.69, 9.17) is 10.9 Å². The lowest BCUT2D eigenvalue weighted by molar-refractivity contribution is 0.318. The summed E-state index contributed by atoms with van der Waals surface area (Å²) in [6, 6.07) is 9.17. The van der Waals surface area contributed by atoms with E-state index in [2.05, 4.69) is 15.1 Å². The molecule has 0 aliphatic heterocycles. The van der Waals surface area contributed by atoms with Crippen LogP contribution < -0.4 is 10.6 Å². The van der Waals surface area contributed by atoms with Gasteiger partial charge in [-0.2, -0.15) is 0 Å². The van der Waals surface area contributed by atoms with E-state index in [1.165, 1.54) is 0 Å². The number of hydrogen-bond donors (Lipinski definition) is 2. The summed E-state index contributed by atoms with van der Waals surface area (Å²) < 4.78 is 0. The normalized spacial score (nSPS) is 11.4. The highest BCUT2D eigenvalue weighted by Crippen LogP contribution is 2.21. The molecule has 0 unspecified atom stereocenters. The Labute approximate surface area is 111 Å². The maximum absolute atomic E-state index is 8.61. The van der Waals surface area contributed by atoms with E-state index in [9.17, 15) is 0 Å². The first-order chi connectivity index (χ1) is 9.11. The van der Waals surface area contributed by atoms with Crippen molar-refractivity contribution in [3.8, 4) is 0 Å². The van der Waals surface area contributed by atoms with Gasteiger partial charge in [0.15, 0.2) is 5.84 Å². The fraction of sp³-hybridized carbons (Fsp3) is 0.154. The maximum Gasteiger partial charge on any atom is 0.170 e. The Kier molecular flexibility index (Phi) is 3.61. The van der Waals surface area contributed by atoms with Crippen molar-refractivity contribution in [1.29, 1.82) is 0 Å². The first kappa shape index (κ1) is 12.8. The Balaban J connectivity index is 2.27. The number of oxime groups is 1. The Hall–Kier alpha value is -2.63. The number of aryl methyl sites for hydroxylation is 1. The highest BCUT2D eigenvalue weighted by atomic mass is 16.4. The topological polar surface area (TPSA) is 87.6 Å². The monoisotopic (exact) mass is 257 g/mol. The van der Waals surface area contributed by atoms with Crippen LogP contribution in [0.4, 0.5) is 11.5 Å². The van der Waals surface area contributed by atoms with Crippen LogP contribution in [-0.2, 0) is 0 Å². The highest BCUT2D eigenvalue weighted by Gasteiger charge is 2.06. The second-order valence-electron chi connectivity index (χ2n) is 4.05. The lowest BCUT2D eigenvalue weighted by atomic mass is 10.2. The molecule has 0 aliphatic carbocycles. The third-order valence-corrected chi connectivity index (χ3v) is 2.76. The van der Waals surface area contributed by atoms with Crippen molar-refractivity contribution in [2.75, 3.05) is 11.9 Å². The first-order valence-corrected chi connectivity index (χ1v) is 5.73. The van der Waals surface area contributed by atoms with Gasteiger partial charge in [0.1, 0.15) is 11.6 Å². The van der Waals surface area contributed by atoms with E-state index in [1.54, 1.807) is 18.3 Å². The third kappa shape index (κ3) is 2.79. The molecule has 2 rings (SSSR count). The zero-order valence-electron chi connectivity index (χ0n) is 10.8. The van der Waals surface area contributed by atoms with Crippen LogP contribution in [0, 0.1) is 6.92 Å². The molecule has 19 heavy (non-hydrogen) atoms. The molecule has 3 N–H and O–H groups in total. The number of nitrogens with two attached hydrogens (primary N) is 1. The standard InChI is InChI=1S/C13H15N5O/c1-9-15-8-7-12(16-9)18(2)11-5-3-10(4-6-11)13(14)17-19/h3-8,19H,1-2H3,(H2,14,17). The summed E-state index contributed by atoms with van der Waals surface area (Å²) in [6.45, 7) is 1.85. The quantitative estimate of drug-likeness (QED) is 0.378. The number of anilines is 2. The molecule has 2 aromatic rings. The zero-order valence-corrected chi connectivity index (χ0v) is 10.8. The molecule has 0 aliphatic rings. The molecule has 0 atom stereocenters. The number of rotatable bonds is 3. The largest absolute Gasteiger partial charge is 0.409 e. The molecule has 0 saturated carbocycles. The van der Waals surface area contributed by atoms with Gasteiger partial charge in [0, 0.05) is 24.5 Å². The Morgan fingerprint density at radius 2 is 1.95 bits per heavy atom. The summed E-state index contributed by atoms with van der Waals surface area (Å²) in [7, 11) is 1.92. The van der Waals surface area contributed by atoms with Crippen LogP contribution in [0.5, 0.6) is 0 Å². The van der Waals surface area contributed by atoms with E-state index >= 15 is 0 Å². The molecule has 0 bridgehead atoms. The molecule has 0 fully saturated rings. The lowest BCUT2D eigenvalue weighted by Gasteiger charge is -2.18. The Morgan fingerprint density at radius 3 is 2.53 bits per heavy atom. The second kappa shape index (κ2) is 5.34. The minimum Gasteiger partial charge on any atom is -0.409 e. The van der Waals surface area contributed by atoms with Gasteiger partial charge in [-0.15, -0.1) is 0 Å². The average molecular weight is 257 g/mol. The molecule has 1 aromatic carbocycles. The zero-order chi connectivity index (χ0) is 13.8. The number of aromatic nitrogens is 2. The molecule has 6 heteroatoms. The van der Waals surface area contributed by atoms with Crippen molar-refractivity contribution >= 4 is 17.3 Å². The van der Waals surface area contributed by atoms with Crippen molar-refractivity contribution in [3.63, 3.8) is 0 Å². The fourth-order valence-corrected chi connectivity index (χ4v) is 1.68. The van der Waals surface area contributed by atoms with E-state index in [-0.39, 0.29) is 5.84 Å². The van der Waals surface area contributed by atoms with Gasteiger partial charge in [0.2, 0.25) is 0 Å². The van der Waals surface area contributed by atoms with Gasteiger partial charge in [-0.3, -0.25) is 0 Å². The second-order valence-corrected chi connectivity index (χ2v) is 4.05. The molecular weight excluding hydrogens is 242 g/mol. The van der Waals surface area contributed by atoms with Crippen molar-refractivity contribution in [1.82, 2.24) is 9.97 Å². The van der Waals surface area contributed by atoms with Gasteiger partial charge in [-0.05, 0) is 37.3 Å². The molecule has 0 spiro atoms. The molecule has 0 amide bonds. The van der Waals surface area contributed by atoms with Crippen LogP contribution in [-0.4, -0.2) is 28.1 Å². The smallest absolute Gasteiger partial charge is 0.170 e. The summed E-state index contributed by atoms with van der Waals surface area (Å²) in [5.74, 6) is 1.62. The minimum absolute atomic E-state index is 0.0899. The molecule has 6 nitrogen and oxygen atoms in total. The first-order valence-electron chi connectivity index (χ1n) is 5.73. The van der Waals surface area contributed by atoms with Crippen LogP contribution >= 0.6 is 0 Å². The summed E-state index contributed by atoms with van der Waals surface area (Å²) in [4.78, 5) is 10.4. The lowest BCUT2D eigenvalue weighted by Crippen LogP contribution is -2.14. The average Bonchev–Trinajstić information content (AvgIpc) is 2.46. The van der Waals surface area contributed by atoms with Crippen LogP contribution in [0.25, 0.3) is 0 Å². The predicted octanol–water partition coefficient (Wildman–Crippen LogP) is 1.65. The van der Waals surface area contributed by atoms with Gasteiger partial charge in [0.25, 0.3) is 0 Å². The maximum atomic E-state index is 8.61. The Morgan fingerprint density at radius 1 is 1.26 bits per heavy atom. The molecule has 1 heterocycles. The van der Waals surface area contributed by atoms with Gasteiger partial charge in [-0.25, -0.2) is 9.97 Å².